The van der Waals surface area contributed by atoms with Crippen molar-refractivity contribution in [3.8, 4) is 5.75 Å². The molecule has 0 bridgehead atoms. The van der Waals surface area contributed by atoms with E-state index in [1.54, 1.807) is 24.3 Å². The van der Waals surface area contributed by atoms with Gasteiger partial charge in [0.2, 0.25) is 0 Å². The summed E-state index contributed by atoms with van der Waals surface area (Å²) in [6.45, 7) is 4.52. The molecule has 34 heavy (non-hydrogen) atoms. The van der Waals surface area contributed by atoms with Crippen LogP contribution in [-0.2, 0) is 30.6 Å². The van der Waals surface area contributed by atoms with E-state index in [1.165, 1.54) is 0 Å². The highest BCUT2D eigenvalue weighted by molar-refractivity contribution is 7.79. The van der Waals surface area contributed by atoms with E-state index in [2.05, 4.69) is 10.2 Å². The highest BCUT2D eigenvalue weighted by Gasteiger charge is 2.20. The molecule has 0 saturated carbocycles. The summed E-state index contributed by atoms with van der Waals surface area (Å²) < 4.78 is 26.0. The average molecular weight is 499 g/mol. The number of halogens is 1. The Hall–Kier alpha value is -2.87. The number of benzene rings is 3. The lowest BCUT2D eigenvalue weighted by Crippen LogP contribution is -2.30. The molecule has 1 aliphatic heterocycles. The monoisotopic (exact) mass is 498 g/mol. The van der Waals surface area contributed by atoms with Gasteiger partial charge in [-0.25, -0.2) is 4.21 Å². The molecule has 8 heteroatoms. The lowest BCUT2D eigenvalue weighted by Gasteiger charge is -2.32. The van der Waals surface area contributed by atoms with Crippen molar-refractivity contribution in [2.24, 2.45) is 0 Å². The number of rotatable bonds is 8. The maximum atomic E-state index is 12.8. The molecule has 178 valence electrons. The van der Waals surface area contributed by atoms with Crippen LogP contribution in [0.25, 0.3) is 0 Å². The molecule has 0 aromatic heterocycles. The third-order valence-electron chi connectivity index (χ3n) is 5.82. The predicted molar refractivity (Wildman–Crippen MR) is 135 cm³/mol. The minimum atomic E-state index is -2.01. The van der Waals surface area contributed by atoms with E-state index >= 15 is 0 Å². The van der Waals surface area contributed by atoms with Crippen molar-refractivity contribution in [3.05, 3.63) is 87.9 Å². The zero-order valence-corrected chi connectivity index (χ0v) is 20.5. The lowest BCUT2D eigenvalue weighted by atomic mass is 9.98. The van der Waals surface area contributed by atoms with Crippen LogP contribution < -0.4 is 15.0 Å². The number of amides is 1. The zero-order valence-electron chi connectivity index (χ0n) is 18.9. The maximum absolute atomic E-state index is 12.8. The van der Waals surface area contributed by atoms with Crippen LogP contribution in [0.2, 0.25) is 5.02 Å². The highest BCUT2D eigenvalue weighted by Crippen LogP contribution is 2.32. The van der Waals surface area contributed by atoms with Crippen LogP contribution in [0.5, 0.6) is 5.75 Å². The number of anilines is 1. The van der Waals surface area contributed by atoms with E-state index in [0.717, 1.165) is 47.5 Å². The summed E-state index contributed by atoms with van der Waals surface area (Å²) >= 11 is 4.15. The molecule has 0 aliphatic carbocycles. The van der Waals surface area contributed by atoms with E-state index in [9.17, 15) is 9.00 Å². The first-order chi connectivity index (χ1) is 16.4. The second-order valence-corrected chi connectivity index (χ2v) is 9.54. The van der Waals surface area contributed by atoms with Gasteiger partial charge in [0.1, 0.15) is 5.75 Å². The molecular weight excluding hydrogens is 472 g/mol. The number of aryl methyl sites for hydroxylation is 1. The van der Waals surface area contributed by atoms with Gasteiger partial charge in [0.25, 0.3) is 5.91 Å². The molecule has 1 amide bonds. The van der Waals surface area contributed by atoms with E-state index in [0.29, 0.717) is 35.2 Å². The largest absolute Gasteiger partial charge is 0.493 e. The molecule has 2 N–H and O–H groups in total. The van der Waals surface area contributed by atoms with Crippen molar-refractivity contribution in [2.45, 2.75) is 37.8 Å². The maximum Gasteiger partial charge on any atom is 0.251 e. The topological polar surface area (TPSA) is 78.9 Å². The Morgan fingerprint density at radius 1 is 1.15 bits per heavy atom. The van der Waals surface area contributed by atoms with Crippen molar-refractivity contribution < 1.29 is 18.3 Å². The highest BCUT2D eigenvalue weighted by atomic mass is 35.5. The molecule has 1 aliphatic rings. The van der Waals surface area contributed by atoms with Crippen molar-refractivity contribution in [1.82, 2.24) is 5.32 Å². The number of hydrogen-bond acceptors (Lipinski definition) is 4. The molecule has 6 nitrogen and oxygen atoms in total. The van der Waals surface area contributed by atoms with Gasteiger partial charge in [-0.3, -0.25) is 4.79 Å². The van der Waals surface area contributed by atoms with E-state index in [1.807, 2.05) is 43.3 Å². The number of carbonyl (C=O) groups excluding carboxylic acids is 1. The van der Waals surface area contributed by atoms with Crippen LogP contribution in [0.4, 0.5) is 5.69 Å². The molecule has 1 atom stereocenters. The van der Waals surface area contributed by atoms with Gasteiger partial charge >= 0.3 is 0 Å². The fraction of sp³-hybridized carbons (Fsp3) is 0.269. The van der Waals surface area contributed by atoms with Gasteiger partial charge in [0.05, 0.1) is 11.5 Å². The van der Waals surface area contributed by atoms with Gasteiger partial charge < -0.3 is 19.5 Å². The number of hydrogen-bond donors (Lipinski definition) is 2. The fourth-order valence-corrected chi connectivity index (χ4v) is 4.67. The molecule has 0 radical (unpaired) electrons. The zero-order chi connectivity index (χ0) is 24.1. The summed E-state index contributed by atoms with van der Waals surface area (Å²) in [4.78, 5) is 15.4. The van der Waals surface area contributed by atoms with Crippen molar-refractivity contribution >= 4 is 34.3 Å². The Bertz CT molecular complexity index is 1200. The summed E-state index contributed by atoms with van der Waals surface area (Å²) in [7, 11) is 0. The molecule has 0 saturated heterocycles. The van der Waals surface area contributed by atoms with Gasteiger partial charge in [0, 0.05) is 41.5 Å². The van der Waals surface area contributed by atoms with Gasteiger partial charge in [-0.2, -0.15) is 0 Å². The quantitative estimate of drug-likeness (QED) is 0.417. The van der Waals surface area contributed by atoms with Crippen molar-refractivity contribution in [3.63, 3.8) is 0 Å². The molecule has 3 aromatic carbocycles. The van der Waals surface area contributed by atoms with Gasteiger partial charge in [-0.1, -0.05) is 29.8 Å². The summed E-state index contributed by atoms with van der Waals surface area (Å²) in [5.41, 5.74) is 4.85. The predicted octanol–water partition coefficient (Wildman–Crippen LogP) is 5.20. The standard InChI is InChI=1S/C26H27ClN2O4S/c1-2-33-25-15-22(27)9-7-21(25)17-29-13-3-4-19-14-20(8-12-24(19)29)26(30)28-16-18-5-10-23(11-6-18)34(31)32/h5-12,14-15H,2-4,13,16-17H2,1H3,(H,28,30)(H,31,32). The van der Waals surface area contributed by atoms with Crippen LogP contribution in [0.15, 0.2) is 65.6 Å². The van der Waals surface area contributed by atoms with Gasteiger partial charge in [-0.15, -0.1) is 0 Å². The number of carbonyl (C=O) groups is 1. The minimum Gasteiger partial charge on any atom is -0.493 e. The van der Waals surface area contributed by atoms with Crippen molar-refractivity contribution in [1.29, 1.82) is 0 Å². The third-order valence-corrected chi connectivity index (χ3v) is 6.74. The van der Waals surface area contributed by atoms with Crippen molar-refractivity contribution in [2.75, 3.05) is 18.1 Å². The molecule has 0 spiro atoms. The number of nitrogens with one attached hydrogen (secondary N) is 1. The second-order valence-electron chi connectivity index (χ2n) is 8.13. The van der Waals surface area contributed by atoms with Gasteiger partial charge in [-0.05, 0) is 73.4 Å². The Kier molecular flexibility index (Phi) is 7.88. The van der Waals surface area contributed by atoms with Crippen LogP contribution in [0, 0.1) is 0 Å². The first kappa shape index (κ1) is 24.3. The number of nitrogens with zero attached hydrogens (tertiary/aromatic N) is 1. The number of fused-ring (bicyclic) bond motifs is 1. The molecule has 1 heterocycles. The van der Waals surface area contributed by atoms with Crippen LogP contribution in [0.3, 0.4) is 0 Å². The third kappa shape index (κ3) is 5.78. The SMILES string of the molecule is CCOc1cc(Cl)ccc1CN1CCCc2cc(C(=O)NCc3ccc(S(=O)O)cc3)ccc21. The minimum absolute atomic E-state index is 0.147. The van der Waals surface area contributed by atoms with E-state index in [4.69, 9.17) is 20.9 Å². The Morgan fingerprint density at radius 2 is 1.94 bits per heavy atom. The Balaban J connectivity index is 1.45. The first-order valence-electron chi connectivity index (χ1n) is 11.2. The van der Waals surface area contributed by atoms with Crippen LogP contribution in [0.1, 0.15) is 40.4 Å². The lowest BCUT2D eigenvalue weighted by molar-refractivity contribution is 0.0950. The first-order valence-corrected chi connectivity index (χ1v) is 12.7. The number of ether oxygens (including phenoxy) is 1. The van der Waals surface area contributed by atoms with E-state index in [-0.39, 0.29) is 5.91 Å². The molecule has 1 unspecified atom stereocenters. The molecule has 4 rings (SSSR count). The normalized spacial score (nSPS) is 13.8. The average Bonchev–Trinajstić information content (AvgIpc) is 2.84. The summed E-state index contributed by atoms with van der Waals surface area (Å²) in [6.07, 6.45) is 1.93. The summed E-state index contributed by atoms with van der Waals surface area (Å²) in [5, 5.41) is 3.58. The smallest absolute Gasteiger partial charge is 0.251 e. The van der Waals surface area contributed by atoms with E-state index < -0.39 is 11.1 Å². The van der Waals surface area contributed by atoms with Crippen LogP contribution in [-0.4, -0.2) is 27.8 Å². The molecule has 0 fully saturated rings. The fourth-order valence-electron chi connectivity index (χ4n) is 4.14. The summed E-state index contributed by atoms with van der Waals surface area (Å²) in [6, 6.07) is 18.2. The van der Waals surface area contributed by atoms with Crippen LogP contribution >= 0.6 is 11.6 Å². The summed E-state index contributed by atoms with van der Waals surface area (Å²) in [5.74, 6) is 0.655. The van der Waals surface area contributed by atoms with Gasteiger partial charge in [0.15, 0.2) is 11.1 Å². The Morgan fingerprint density at radius 3 is 2.68 bits per heavy atom. The molecular formula is C26H27ClN2O4S. The second kappa shape index (κ2) is 11.0. The molecule has 3 aromatic rings. The Labute approximate surface area is 207 Å².